The van der Waals surface area contributed by atoms with E-state index in [0.29, 0.717) is 6.42 Å². The summed E-state index contributed by atoms with van der Waals surface area (Å²) in [5.74, 6) is -0.715. The Morgan fingerprint density at radius 3 is 2.65 bits per heavy atom. The van der Waals surface area contributed by atoms with Gasteiger partial charge in [0.1, 0.15) is 12.1 Å². The molecule has 23 heavy (non-hydrogen) atoms. The van der Waals surface area contributed by atoms with E-state index in [1.165, 1.54) is 0 Å². The molecule has 6 nitrogen and oxygen atoms in total. The first-order valence-electron chi connectivity index (χ1n) is 7.84. The topological polar surface area (TPSA) is 75.7 Å². The van der Waals surface area contributed by atoms with Crippen molar-refractivity contribution in [3.05, 3.63) is 35.9 Å². The summed E-state index contributed by atoms with van der Waals surface area (Å²) in [4.78, 5) is 37.2. The number of esters is 1. The van der Waals surface area contributed by atoms with Crippen LogP contribution in [0.25, 0.3) is 0 Å². The molecule has 2 aliphatic rings. The molecule has 1 N–H and O–H groups in total. The summed E-state index contributed by atoms with van der Waals surface area (Å²) in [5.41, 5.74) is 0.207. The Labute approximate surface area is 134 Å². The second-order valence-electron chi connectivity index (χ2n) is 6.25. The van der Waals surface area contributed by atoms with E-state index in [9.17, 15) is 14.4 Å². The number of nitrogens with zero attached hydrogens (tertiary/aromatic N) is 1. The van der Waals surface area contributed by atoms with E-state index in [2.05, 4.69) is 5.32 Å². The lowest BCUT2D eigenvalue weighted by Crippen LogP contribution is -2.46. The zero-order chi connectivity index (χ0) is 16.4. The molecule has 1 aromatic rings. The number of hydrogen-bond acceptors (Lipinski definition) is 4. The zero-order valence-corrected chi connectivity index (χ0v) is 13.1. The minimum absolute atomic E-state index is 0.179. The van der Waals surface area contributed by atoms with E-state index in [0.717, 1.165) is 23.3 Å². The Morgan fingerprint density at radius 1 is 1.30 bits per heavy atom. The van der Waals surface area contributed by atoms with Gasteiger partial charge in [-0.25, -0.2) is 4.79 Å². The summed E-state index contributed by atoms with van der Waals surface area (Å²) in [5, 5.41) is 2.71. The van der Waals surface area contributed by atoms with Crippen molar-refractivity contribution in [2.75, 3.05) is 13.2 Å². The van der Waals surface area contributed by atoms with Crippen LogP contribution in [0.1, 0.15) is 25.3 Å². The first-order chi connectivity index (χ1) is 11.0. The lowest BCUT2D eigenvalue weighted by atomic mass is 9.96. The maximum atomic E-state index is 12.4. The van der Waals surface area contributed by atoms with E-state index < -0.39 is 17.5 Å². The molecular weight excluding hydrogens is 296 g/mol. The molecule has 1 heterocycles. The van der Waals surface area contributed by atoms with E-state index in [4.69, 9.17) is 4.74 Å². The lowest BCUT2D eigenvalue weighted by Gasteiger charge is -2.20. The number of carbonyl (C=O) groups excluding carboxylic acids is 3. The van der Waals surface area contributed by atoms with Gasteiger partial charge in [-0.3, -0.25) is 14.5 Å². The monoisotopic (exact) mass is 316 g/mol. The average molecular weight is 316 g/mol. The number of urea groups is 1. The summed E-state index contributed by atoms with van der Waals surface area (Å²) in [6.45, 7) is 1.62. The van der Waals surface area contributed by atoms with Crippen molar-refractivity contribution in [3.8, 4) is 0 Å². The first-order valence-corrected chi connectivity index (χ1v) is 7.84. The fourth-order valence-electron chi connectivity index (χ4n) is 2.90. The second kappa shape index (κ2) is 6.02. The Kier molecular flexibility index (Phi) is 4.07. The SMILES string of the molecule is CC1(C2CC2)NC(=O)N(CC(=O)OCCc2ccccc2)C1=O. The van der Waals surface area contributed by atoms with Crippen LogP contribution in [-0.2, 0) is 20.7 Å². The van der Waals surface area contributed by atoms with Crippen LogP contribution < -0.4 is 5.32 Å². The highest BCUT2D eigenvalue weighted by Crippen LogP contribution is 2.42. The Bertz CT molecular complexity index is 627. The fourth-order valence-corrected chi connectivity index (χ4v) is 2.90. The van der Waals surface area contributed by atoms with Gasteiger partial charge in [0.2, 0.25) is 0 Å². The minimum atomic E-state index is -0.860. The normalized spacial score (nSPS) is 23.8. The Hall–Kier alpha value is -2.37. The smallest absolute Gasteiger partial charge is 0.326 e. The van der Waals surface area contributed by atoms with E-state index in [-0.39, 0.29) is 25.0 Å². The third-order valence-corrected chi connectivity index (χ3v) is 4.48. The van der Waals surface area contributed by atoms with Crippen molar-refractivity contribution in [2.45, 2.75) is 31.7 Å². The molecule has 3 rings (SSSR count). The Morgan fingerprint density at radius 2 is 2.00 bits per heavy atom. The van der Waals surface area contributed by atoms with Crippen LogP contribution in [-0.4, -0.2) is 41.5 Å². The highest BCUT2D eigenvalue weighted by atomic mass is 16.5. The molecule has 1 saturated heterocycles. The molecule has 3 amide bonds. The number of nitrogens with one attached hydrogen (secondary N) is 1. The minimum Gasteiger partial charge on any atom is -0.464 e. The van der Waals surface area contributed by atoms with Gasteiger partial charge in [0.05, 0.1) is 6.61 Å². The molecule has 2 fully saturated rings. The van der Waals surface area contributed by atoms with Gasteiger partial charge in [-0.15, -0.1) is 0 Å². The van der Waals surface area contributed by atoms with Crippen LogP contribution >= 0.6 is 0 Å². The van der Waals surface area contributed by atoms with Crippen molar-refractivity contribution in [2.24, 2.45) is 5.92 Å². The highest BCUT2D eigenvalue weighted by Gasteiger charge is 2.56. The molecule has 0 aromatic heterocycles. The third-order valence-electron chi connectivity index (χ3n) is 4.48. The lowest BCUT2D eigenvalue weighted by molar-refractivity contribution is -0.147. The maximum absolute atomic E-state index is 12.4. The summed E-state index contributed by atoms with van der Waals surface area (Å²) < 4.78 is 5.14. The largest absolute Gasteiger partial charge is 0.464 e. The van der Waals surface area contributed by atoms with Crippen LogP contribution in [0.2, 0.25) is 0 Å². The van der Waals surface area contributed by atoms with Gasteiger partial charge in [-0.05, 0) is 31.2 Å². The number of carbonyl (C=O) groups is 3. The number of amides is 3. The first kappa shape index (κ1) is 15.5. The molecule has 0 radical (unpaired) electrons. The van der Waals surface area contributed by atoms with Gasteiger partial charge < -0.3 is 10.1 Å². The quantitative estimate of drug-likeness (QED) is 0.637. The summed E-state index contributed by atoms with van der Waals surface area (Å²) in [7, 11) is 0. The van der Waals surface area contributed by atoms with Crippen molar-refractivity contribution in [1.82, 2.24) is 10.2 Å². The van der Waals surface area contributed by atoms with Gasteiger partial charge >= 0.3 is 12.0 Å². The molecule has 6 heteroatoms. The fraction of sp³-hybridized carbons (Fsp3) is 0.471. The third kappa shape index (κ3) is 3.21. The number of ether oxygens (including phenoxy) is 1. The average Bonchev–Trinajstić information content (AvgIpc) is 3.35. The van der Waals surface area contributed by atoms with Crippen LogP contribution in [0.5, 0.6) is 0 Å². The molecule has 0 bridgehead atoms. The summed E-state index contributed by atoms with van der Waals surface area (Å²) >= 11 is 0. The maximum Gasteiger partial charge on any atom is 0.326 e. The molecule has 1 aliphatic carbocycles. The predicted octanol–water partition coefficient (Wildman–Crippen LogP) is 1.49. The van der Waals surface area contributed by atoms with Crippen molar-refractivity contribution in [1.29, 1.82) is 0 Å². The molecule has 1 aliphatic heterocycles. The van der Waals surface area contributed by atoms with Gasteiger partial charge in [0.15, 0.2) is 0 Å². The number of benzene rings is 1. The molecule has 0 spiro atoms. The van der Waals surface area contributed by atoms with Crippen LogP contribution in [0.15, 0.2) is 30.3 Å². The summed E-state index contributed by atoms with van der Waals surface area (Å²) in [6, 6.07) is 9.15. The molecule has 122 valence electrons. The van der Waals surface area contributed by atoms with E-state index in [1.54, 1.807) is 6.92 Å². The van der Waals surface area contributed by atoms with E-state index in [1.807, 2.05) is 30.3 Å². The van der Waals surface area contributed by atoms with Crippen molar-refractivity contribution >= 4 is 17.9 Å². The number of rotatable bonds is 6. The van der Waals surface area contributed by atoms with E-state index >= 15 is 0 Å². The Balaban J connectivity index is 1.50. The van der Waals surface area contributed by atoms with Crippen molar-refractivity contribution < 1.29 is 19.1 Å². The molecule has 1 saturated carbocycles. The number of hydrogen-bond donors (Lipinski definition) is 1. The molecule has 1 aromatic carbocycles. The van der Waals surface area contributed by atoms with Gasteiger partial charge in [-0.2, -0.15) is 0 Å². The highest BCUT2D eigenvalue weighted by molar-refractivity contribution is 6.08. The predicted molar refractivity (Wildman–Crippen MR) is 82.5 cm³/mol. The van der Waals surface area contributed by atoms with Crippen molar-refractivity contribution in [3.63, 3.8) is 0 Å². The molecular formula is C17H20N2O4. The number of imide groups is 1. The van der Waals surface area contributed by atoms with Crippen LogP contribution in [0, 0.1) is 5.92 Å². The summed E-state index contributed by atoms with van der Waals surface area (Å²) in [6.07, 6.45) is 2.46. The molecule has 1 unspecified atom stereocenters. The molecule has 1 atom stereocenters. The van der Waals surface area contributed by atoms with Gasteiger partial charge in [0, 0.05) is 6.42 Å². The second-order valence-corrected chi connectivity index (χ2v) is 6.25. The van der Waals surface area contributed by atoms with Crippen LogP contribution in [0.4, 0.5) is 4.79 Å². The van der Waals surface area contributed by atoms with Crippen LogP contribution in [0.3, 0.4) is 0 Å². The zero-order valence-electron chi connectivity index (χ0n) is 13.1. The van der Waals surface area contributed by atoms with Gasteiger partial charge in [-0.1, -0.05) is 30.3 Å². The standard InChI is InChI=1S/C17H20N2O4/c1-17(13-7-8-13)15(21)19(16(22)18-17)11-14(20)23-10-9-12-5-3-2-4-6-12/h2-6,13H,7-11H2,1H3,(H,18,22). The van der Waals surface area contributed by atoms with Gasteiger partial charge in [0.25, 0.3) is 5.91 Å².